The fraction of sp³-hybridized carbons (Fsp3) is 0.533. The Morgan fingerprint density at radius 3 is 2.59 bits per heavy atom. The fourth-order valence-electron chi connectivity index (χ4n) is 2.21. The number of carbonyl (C=O) groups is 1. The van der Waals surface area contributed by atoms with E-state index >= 15 is 0 Å². The number of hydrogen-bond acceptors (Lipinski definition) is 2. The first-order chi connectivity index (χ1) is 8.16. The van der Waals surface area contributed by atoms with Gasteiger partial charge in [-0.2, -0.15) is 0 Å². The van der Waals surface area contributed by atoms with Crippen molar-refractivity contribution in [2.75, 3.05) is 20.1 Å². The number of Topliss-reactive ketones (excluding diaryl/α,β-unsaturated/α-hetero) is 1. The van der Waals surface area contributed by atoms with Crippen LogP contribution in [0.2, 0.25) is 0 Å². The molecule has 2 heteroatoms. The number of ketones is 1. The van der Waals surface area contributed by atoms with Gasteiger partial charge in [-0.05, 0) is 25.3 Å². The molecule has 1 aromatic rings. The quantitative estimate of drug-likeness (QED) is 0.702. The van der Waals surface area contributed by atoms with E-state index in [-0.39, 0.29) is 5.78 Å². The van der Waals surface area contributed by atoms with Crippen LogP contribution < -0.4 is 0 Å². The Balaban J connectivity index is 1.72. The Bertz CT molecular complexity index is 374. The minimum atomic E-state index is 0.251. The summed E-state index contributed by atoms with van der Waals surface area (Å²) in [7, 11) is 2.11. The molecular formula is C15H21NO. The zero-order valence-corrected chi connectivity index (χ0v) is 10.7. The van der Waals surface area contributed by atoms with Crippen molar-refractivity contribution in [2.24, 2.45) is 11.8 Å². The van der Waals surface area contributed by atoms with Gasteiger partial charge in [-0.3, -0.25) is 4.79 Å². The van der Waals surface area contributed by atoms with Crippen LogP contribution in [0.25, 0.3) is 0 Å². The van der Waals surface area contributed by atoms with Crippen molar-refractivity contribution >= 4 is 5.78 Å². The molecule has 92 valence electrons. The maximum Gasteiger partial charge on any atom is 0.164 e. The highest BCUT2D eigenvalue weighted by molar-refractivity contribution is 5.96. The number of carbonyl (C=O) groups excluding carboxylic acids is 1. The summed E-state index contributed by atoms with van der Waals surface area (Å²) in [6.07, 6.45) is 1.98. The van der Waals surface area contributed by atoms with E-state index in [9.17, 15) is 4.79 Å². The van der Waals surface area contributed by atoms with E-state index in [1.54, 1.807) is 0 Å². The van der Waals surface area contributed by atoms with Gasteiger partial charge in [0.1, 0.15) is 0 Å². The van der Waals surface area contributed by atoms with Gasteiger partial charge >= 0.3 is 0 Å². The van der Waals surface area contributed by atoms with Crippen LogP contribution in [0, 0.1) is 11.8 Å². The Kier molecular flexibility index (Phi) is 3.95. The molecule has 1 aliphatic rings. The van der Waals surface area contributed by atoms with E-state index in [1.165, 1.54) is 6.42 Å². The second-order valence-electron chi connectivity index (χ2n) is 5.27. The van der Waals surface area contributed by atoms with Gasteiger partial charge < -0.3 is 4.90 Å². The first-order valence-electron chi connectivity index (χ1n) is 6.43. The molecule has 2 nitrogen and oxygen atoms in total. The van der Waals surface area contributed by atoms with Crippen LogP contribution in [0.3, 0.4) is 0 Å². The molecule has 2 rings (SSSR count). The molecule has 17 heavy (non-hydrogen) atoms. The second kappa shape index (κ2) is 5.46. The summed E-state index contributed by atoms with van der Waals surface area (Å²) < 4.78 is 0. The lowest BCUT2D eigenvalue weighted by molar-refractivity contribution is 0.0968. The minimum Gasteiger partial charge on any atom is -0.306 e. The second-order valence-corrected chi connectivity index (χ2v) is 5.27. The van der Waals surface area contributed by atoms with E-state index in [4.69, 9.17) is 0 Å². The third-order valence-electron chi connectivity index (χ3n) is 3.64. The van der Waals surface area contributed by atoms with Gasteiger partial charge in [-0.15, -0.1) is 0 Å². The molecule has 1 fully saturated rings. The van der Waals surface area contributed by atoms with Crippen LogP contribution >= 0.6 is 0 Å². The normalized spacial score (nSPS) is 22.8. The summed E-state index contributed by atoms with van der Waals surface area (Å²) in [4.78, 5) is 14.2. The molecular weight excluding hydrogens is 210 g/mol. The molecule has 1 saturated carbocycles. The lowest BCUT2D eigenvalue weighted by atomic mass is 10.1. The van der Waals surface area contributed by atoms with Crippen LogP contribution in [-0.4, -0.2) is 30.8 Å². The Labute approximate surface area is 104 Å². The van der Waals surface area contributed by atoms with Gasteiger partial charge in [-0.1, -0.05) is 37.3 Å². The lowest BCUT2D eigenvalue weighted by Gasteiger charge is -2.15. The van der Waals surface area contributed by atoms with Gasteiger partial charge in [0.05, 0.1) is 0 Å². The van der Waals surface area contributed by atoms with Gasteiger partial charge in [0.25, 0.3) is 0 Å². The van der Waals surface area contributed by atoms with Gasteiger partial charge in [0.2, 0.25) is 0 Å². The van der Waals surface area contributed by atoms with Crippen molar-refractivity contribution in [2.45, 2.75) is 19.8 Å². The van der Waals surface area contributed by atoms with Crippen molar-refractivity contribution in [3.8, 4) is 0 Å². The maximum absolute atomic E-state index is 11.9. The van der Waals surface area contributed by atoms with E-state index in [0.717, 1.165) is 30.5 Å². The molecule has 1 aliphatic carbocycles. The molecule has 0 heterocycles. The van der Waals surface area contributed by atoms with Crippen molar-refractivity contribution in [1.82, 2.24) is 4.90 Å². The highest BCUT2D eigenvalue weighted by atomic mass is 16.1. The Morgan fingerprint density at radius 2 is 2.00 bits per heavy atom. The zero-order chi connectivity index (χ0) is 12.3. The molecule has 1 aromatic carbocycles. The smallest absolute Gasteiger partial charge is 0.164 e. The van der Waals surface area contributed by atoms with E-state index in [0.29, 0.717) is 6.42 Å². The van der Waals surface area contributed by atoms with E-state index < -0.39 is 0 Å². The topological polar surface area (TPSA) is 20.3 Å². The highest BCUT2D eigenvalue weighted by Gasteiger charge is 2.32. The minimum absolute atomic E-state index is 0.251. The average Bonchev–Trinajstić information content (AvgIpc) is 3.03. The summed E-state index contributed by atoms with van der Waals surface area (Å²) in [5.41, 5.74) is 0.834. The molecule has 0 aromatic heterocycles. The molecule has 0 amide bonds. The summed E-state index contributed by atoms with van der Waals surface area (Å²) in [6.45, 7) is 4.31. The Hall–Kier alpha value is -1.15. The molecule has 0 spiro atoms. The molecule has 0 saturated heterocycles. The third-order valence-corrected chi connectivity index (χ3v) is 3.64. The fourth-order valence-corrected chi connectivity index (χ4v) is 2.21. The summed E-state index contributed by atoms with van der Waals surface area (Å²) in [6, 6.07) is 9.57. The lowest BCUT2D eigenvalue weighted by Crippen LogP contribution is -2.24. The van der Waals surface area contributed by atoms with Crippen LogP contribution in [0.4, 0.5) is 0 Å². The van der Waals surface area contributed by atoms with Crippen molar-refractivity contribution in [3.05, 3.63) is 35.9 Å². The number of rotatable bonds is 6. The molecule has 0 bridgehead atoms. The van der Waals surface area contributed by atoms with Crippen LogP contribution in [0.15, 0.2) is 30.3 Å². The average molecular weight is 231 g/mol. The first kappa shape index (κ1) is 12.3. The van der Waals surface area contributed by atoms with Crippen LogP contribution in [0.1, 0.15) is 30.1 Å². The number of nitrogens with zero attached hydrogens (tertiary/aromatic N) is 1. The number of benzene rings is 1. The van der Waals surface area contributed by atoms with E-state index in [1.807, 2.05) is 30.3 Å². The monoisotopic (exact) mass is 231 g/mol. The molecule has 2 unspecified atom stereocenters. The highest BCUT2D eigenvalue weighted by Crippen LogP contribution is 2.37. The standard InChI is InChI=1S/C15H21NO/c1-12-10-14(12)11-16(2)9-8-15(17)13-6-4-3-5-7-13/h3-7,12,14H,8-11H2,1-2H3. The third kappa shape index (κ3) is 3.67. The Morgan fingerprint density at radius 1 is 1.35 bits per heavy atom. The molecule has 2 atom stereocenters. The largest absolute Gasteiger partial charge is 0.306 e. The molecule has 0 radical (unpaired) electrons. The predicted molar refractivity (Wildman–Crippen MR) is 70.2 cm³/mol. The summed E-state index contributed by atoms with van der Waals surface area (Å²) in [5.74, 6) is 2.01. The number of hydrogen-bond donors (Lipinski definition) is 0. The summed E-state index contributed by atoms with van der Waals surface area (Å²) >= 11 is 0. The van der Waals surface area contributed by atoms with Crippen molar-refractivity contribution in [1.29, 1.82) is 0 Å². The molecule has 0 aliphatic heterocycles. The molecule has 0 N–H and O–H groups in total. The van der Waals surface area contributed by atoms with Crippen molar-refractivity contribution in [3.63, 3.8) is 0 Å². The SMILES string of the molecule is CC1CC1CN(C)CCC(=O)c1ccccc1. The first-order valence-corrected chi connectivity index (χ1v) is 6.43. The predicted octanol–water partition coefficient (Wildman–Crippen LogP) is 2.85. The zero-order valence-electron chi connectivity index (χ0n) is 10.7. The van der Waals surface area contributed by atoms with Gasteiger partial charge in [0, 0.05) is 25.1 Å². The van der Waals surface area contributed by atoms with Gasteiger partial charge in [0.15, 0.2) is 5.78 Å². The summed E-state index contributed by atoms with van der Waals surface area (Å²) in [5, 5.41) is 0. The van der Waals surface area contributed by atoms with Crippen LogP contribution in [-0.2, 0) is 0 Å². The van der Waals surface area contributed by atoms with Crippen molar-refractivity contribution < 1.29 is 4.79 Å². The van der Waals surface area contributed by atoms with Crippen LogP contribution in [0.5, 0.6) is 0 Å². The van der Waals surface area contributed by atoms with Gasteiger partial charge in [-0.25, -0.2) is 0 Å². The van der Waals surface area contributed by atoms with E-state index in [2.05, 4.69) is 18.9 Å². The maximum atomic E-state index is 11.9.